The molecule has 1 aliphatic rings. The summed E-state index contributed by atoms with van der Waals surface area (Å²) in [5.74, 6) is -2.78. The van der Waals surface area contributed by atoms with Gasteiger partial charge in [0.05, 0.1) is 6.61 Å². The van der Waals surface area contributed by atoms with Crippen molar-refractivity contribution >= 4 is 33.5 Å². The van der Waals surface area contributed by atoms with Gasteiger partial charge in [0.2, 0.25) is 0 Å². The first-order valence-corrected chi connectivity index (χ1v) is 7.79. The third kappa shape index (κ3) is 4.24. The summed E-state index contributed by atoms with van der Waals surface area (Å²) < 4.78 is 5.80. The van der Waals surface area contributed by atoms with E-state index >= 15 is 0 Å². The fourth-order valence-electron chi connectivity index (χ4n) is 2.14. The van der Waals surface area contributed by atoms with Gasteiger partial charge in [-0.05, 0) is 37.5 Å². The minimum absolute atomic E-state index is 0.0647. The maximum Gasteiger partial charge on any atom is 0.324 e. The quantitative estimate of drug-likeness (QED) is 0.559. The van der Waals surface area contributed by atoms with Crippen LogP contribution < -0.4 is 0 Å². The van der Waals surface area contributed by atoms with Crippen molar-refractivity contribution in [1.82, 2.24) is 0 Å². The van der Waals surface area contributed by atoms with Crippen molar-refractivity contribution in [3.05, 3.63) is 34.3 Å². The van der Waals surface area contributed by atoms with Crippen LogP contribution in [0.1, 0.15) is 25.3 Å². The maximum absolute atomic E-state index is 12.4. The van der Waals surface area contributed by atoms with Crippen LogP contribution in [0.3, 0.4) is 0 Å². The van der Waals surface area contributed by atoms with Gasteiger partial charge >= 0.3 is 5.97 Å². The second-order valence-corrected chi connectivity index (χ2v) is 6.05. The third-order valence-corrected chi connectivity index (χ3v) is 3.93. The summed E-state index contributed by atoms with van der Waals surface area (Å²) in [7, 11) is 0. The van der Waals surface area contributed by atoms with Gasteiger partial charge in [-0.25, -0.2) is 0 Å². The predicted octanol–water partition coefficient (Wildman–Crippen LogP) is 2.72. The molecule has 1 unspecified atom stereocenters. The van der Waals surface area contributed by atoms with Crippen LogP contribution in [0, 0.1) is 11.8 Å². The zero-order valence-electron chi connectivity index (χ0n) is 11.8. The van der Waals surface area contributed by atoms with Crippen molar-refractivity contribution < 1.29 is 19.1 Å². The number of hydrogen-bond donors (Lipinski definition) is 0. The molecule has 1 aromatic carbocycles. The van der Waals surface area contributed by atoms with Crippen molar-refractivity contribution in [2.24, 2.45) is 11.8 Å². The summed E-state index contributed by atoms with van der Waals surface area (Å²) in [6, 6.07) is 7.24. The van der Waals surface area contributed by atoms with Gasteiger partial charge in [0.1, 0.15) is 0 Å². The molecule has 1 atom stereocenters. The molecular weight excluding hydrogens is 336 g/mol. The SMILES string of the molecule is CCOC(=O)C(C(=O)Cc1ccc(Br)cc1)C(=O)C1CC1. The smallest absolute Gasteiger partial charge is 0.324 e. The summed E-state index contributed by atoms with van der Waals surface area (Å²) in [4.78, 5) is 36.5. The molecule has 1 aromatic rings. The molecule has 2 rings (SSSR count). The van der Waals surface area contributed by atoms with Gasteiger partial charge in [-0.2, -0.15) is 0 Å². The lowest BCUT2D eigenvalue weighted by atomic mass is 9.92. The molecule has 0 aliphatic heterocycles. The average Bonchev–Trinajstić information content (AvgIpc) is 3.26. The molecule has 112 valence electrons. The monoisotopic (exact) mass is 352 g/mol. The van der Waals surface area contributed by atoms with Crippen LogP contribution in [0.15, 0.2) is 28.7 Å². The summed E-state index contributed by atoms with van der Waals surface area (Å²) in [5, 5.41) is 0. The van der Waals surface area contributed by atoms with E-state index in [0.29, 0.717) is 0 Å². The molecule has 0 radical (unpaired) electrons. The van der Waals surface area contributed by atoms with Crippen molar-refractivity contribution in [3.8, 4) is 0 Å². The molecule has 0 aromatic heterocycles. The second-order valence-electron chi connectivity index (χ2n) is 5.13. The van der Waals surface area contributed by atoms with E-state index in [2.05, 4.69) is 15.9 Å². The van der Waals surface area contributed by atoms with Crippen LogP contribution in [0.2, 0.25) is 0 Å². The Kier molecular flexibility index (Phi) is 5.28. The molecule has 1 saturated carbocycles. The van der Waals surface area contributed by atoms with Gasteiger partial charge in [0, 0.05) is 16.8 Å². The molecule has 1 fully saturated rings. The van der Waals surface area contributed by atoms with E-state index in [1.165, 1.54) is 0 Å². The van der Waals surface area contributed by atoms with E-state index in [4.69, 9.17) is 4.74 Å². The number of carbonyl (C=O) groups excluding carboxylic acids is 3. The number of ketones is 2. The van der Waals surface area contributed by atoms with Crippen LogP contribution in [0.5, 0.6) is 0 Å². The predicted molar refractivity (Wildman–Crippen MR) is 80.7 cm³/mol. The summed E-state index contributed by atoms with van der Waals surface area (Å²) >= 11 is 3.32. The van der Waals surface area contributed by atoms with Crippen LogP contribution in [0.4, 0.5) is 0 Å². The first-order chi connectivity index (χ1) is 10.0. The topological polar surface area (TPSA) is 60.4 Å². The highest BCUT2D eigenvalue weighted by Gasteiger charge is 2.42. The van der Waals surface area contributed by atoms with E-state index in [1.54, 1.807) is 19.1 Å². The Labute approximate surface area is 132 Å². The fourth-order valence-corrected chi connectivity index (χ4v) is 2.41. The molecule has 0 heterocycles. The lowest BCUT2D eigenvalue weighted by molar-refractivity contribution is -0.155. The van der Waals surface area contributed by atoms with Crippen LogP contribution in [-0.4, -0.2) is 24.1 Å². The van der Waals surface area contributed by atoms with Gasteiger partial charge in [0.15, 0.2) is 17.5 Å². The zero-order valence-corrected chi connectivity index (χ0v) is 13.4. The highest BCUT2D eigenvalue weighted by molar-refractivity contribution is 9.10. The number of carbonyl (C=O) groups is 3. The van der Waals surface area contributed by atoms with Crippen LogP contribution in [0.25, 0.3) is 0 Å². The highest BCUT2D eigenvalue weighted by Crippen LogP contribution is 2.33. The lowest BCUT2D eigenvalue weighted by Crippen LogP contribution is -2.35. The Hall–Kier alpha value is -1.49. The van der Waals surface area contributed by atoms with Gasteiger partial charge < -0.3 is 4.74 Å². The van der Waals surface area contributed by atoms with Gasteiger partial charge in [-0.1, -0.05) is 28.1 Å². The summed E-state index contributed by atoms with van der Waals surface area (Å²) in [5.41, 5.74) is 0.779. The van der Waals surface area contributed by atoms with E-state index in [0.717, 1.165) is 22.9 Å². The fraction of sp³-hybridized carbons (Fsp3) is 0.438. The molecule has 1 aliphatic carbocycles. The number of benzene rings is 1. The molecule has 0 spiro atoms. The number of ether oxygens (including phenoxy) is 1. The Morgan fingerprint density at radius 3 is 2.38 bits per heavy atom. The van der Waals surface area contributed by atoms with Crippen LogP contribution in [-0.2, 0) is 25.5 Å². The largest absolute Gasteiger partial charge is 0.465 e. The van der Waals surface area contributed by atoms with Crippen LogP contribution >= 0.6 is 15.9 Å². The Bertz CT molecular complexity index is 546. The van der Waals surface area contributed by atoms with E-state index in [1.807, 2.05) is 12.1 Å². The molecule has 4 nitrogen and oxygen atoms in total. The van der Waals surface area contributed by atoms with Gasteiger partial charge in [0.25, 0.3) is 0 Å². The van der Waals surface area contributed by atoms with E-state index < -0.39 is 11.9 Å². The second kappa shape index (κ2) is 6.98. The molecule has 0 saturated heterocycles. The molecule has 0 bridgehead atoms. The Morgan fingerprint density at radius 1 is 1.24 bits per heavy atom. The van der Waals surface area contributed by atoms with Crippen molar-refractivity contribution in [2.75, 3.05) is 6.61 Å². The summed E-state index contributed by atoms with van der Waals surface area (Å²) in [6.07, 6.45) is 1.59. The average molecular weight is 353 g/mol. The number of halogens is 1. The zero-order chi connectivity index (χ0) is 15.4. The molecule has 0 amide bonds. The Morgan fingerprint density at radius 2 is 1.86 bits per heavy atom. The first-order valence-electron chi connectivity index (χ1n) is 7.00. The third-order valence-electron chi connectivity index (χ3n) is 3.40. The van der Waals surface area contributed by atoms with Gasteiger partial charge in [-0.3, -0.25) is 14.4 Å². The number of rotatable bonds is 7. The number of esters is 1. The van der Waals surface area contributed by atoms with Crippen molar-refractivity contribution in [2.45, 2.75) is 26.2 Å². The van der Waals surface area contributed by atoms with Gasteiger partial charge in [-0.15, -0.1) is 0 Å². The highest BCUT2D eigenvalue weighted by atomic mass is 79.9. The molecule has 5 heteroatoms. The molecular formula is C16H17BrO4. The maximum atomic E-state index is 12.4. The Balaban J connectivity index is 2.11. The van der Waals surface area contributed by atoms with E-state index in [9.17, 15) is 14.4 Å². The summed E-state index contributed by atoms with van der Waals surface area (Å²) in [6.45, 7) is 1.83. The van der Waals surface area contributed by atoms with Crippen molar-refractivity contribution in [3.63, 3.8) is 0 Å². The minimum atomic E-state index is -1.26. The van der Waals surface area contributed by atoms with E-state index in [-0.39, 0.29) is 30.5 Å². The standard InChI is InChI=1S/C16H17BrO4/c1-2-21-16(20)14(15(19)11-5-6-11)13(18)9-10-3-7-12(17)8-4-10/h3-4,7-8,11,14H,2,5-6,9H2,1H3. The lowest BCUT2D eigenvalue weighted by Gasteiger charge is -2.13. The minimum Gasteiger partial charge on any atom is -0.465 e. The normalized spacial score (nSPS) is 15.3. The molecule has 21 heavy (non-hydrogen) atoms. The number of Topliss-reactive ketones (excluding diaryl/α,β-unsaturated/α-hetero) is 2. The molecule has 0 N–H and O–H groups in total. The van der Waals surface area contributed by atoms with Crippen molar-refractivity contribution in [1.29, 1.82) is 0 Å². The number of hydrogen-bond acceptors (Lipinski definition) is 4. The first kappa shape index (κ1) is 15.9.